The van der Waals surface area contributed by atoms with Crippen molar-refractivity contribution in [3.63, 3.8) is 0 Å². The second-order valence-electron chi connectivity index (χ2n) is 7.36. The number of hydrogen-bond donors (Lipinski definition) is 2. The SMILES string of the molecule is Cc1cc(-c2c(C)cc(C3CC3)c(F)c2C)c(F)c([C@@H](N)CC(=O)O)c1F. The average Bonchev–Trinajstić information content (AvgIpc) is 3.40. The molecule has 0 aliphatic heterocycles. The summed E-state index contributed by atoms with van der Waals surface area (Å²) in [7, 11) is 0. The van der Waals surface area contributed by atoms with Gasteiger partial charge < -0.3 is 10.8 Å². The van der Waals surface area contributed by atoms with E-state index in [2.05, 4.69) is 0 Å². The van der Waals surface area contributed by atoms with Gasteiger partial charge in [-0.25, -0.2) is 13.2 Å². The molecular weight excluding hydrogens is 355 g/mol. The Morgan fingerprint density at radius 1 is 1.11 bits per heavy atom. The second kappa shape index (κ2) is 7.00. The molecule has 3 N–H and O–H groups in total. The number of carbonyl (C=O) groups is 1. The van der Waals surface area contributed by atoms with E-state index in [1.807, 2.05) is 0 Å². The fourth-order valence-corrected chi connectivity index (χ4v) is 3.69. The van der Waals surface area contributed by atoms with Crippen LogP contribution in [0, 0.1) is 38.2 Å². The van der Waals surface area contributed by atoms with Crippen molar-refractivity contribution in [1.29, 1.82) is 0 Å². The molecule has 0 heterocycles. The topological polar surface area (TPSA) is 63.3 Å². The molecule has 1 fully saturated rings. The summed E-state index contributed by atoms with van der Waals surface area (Å²) in [5.74, 6) is -3.21. The van der Waals surface area contributed by atoms with Crippen molar-refractivity contribution in [3.05, 3.63) is 57.4 Å². The average molecular weight is 377 g/mol. The van der Waals surface area contributed by atoms with E-state index in [1.54, 1.807) is 19.9 Å². The summed E-state index contributed by atoms with van der Waals surface area (Å²) in [4.78, 5) is 10.9. The van der Waals surface area contributed by atoms with Crippen LogP contribution in [-0.2, 0) is 4.79 Å². The molecule has 0 radical (unpaired) electrons. The molecule has 27 heavy (non-hydrogen) atoms. The first-order chi connectivity index (χ1) is 12.6. The minimum atomic E-state index is -1.34. The summed E-state index contributed by atoms with van der Waals surface area (Å²) >= 11 is 0. The Kier molecular flexibility index (Phi) is 5.04. The van der Waals surface area contributed by atoms with Gasteiger partial charge in [-0.2, -0.15) is 0 Å². The van der Waals surface area contributed by atoms with Crippen LogP contribution in [0.25, 0.3) is 11.1 Å². The molecule has 0 bridgehead atoms. The standard InChI is InChI=1S/C21H22F3NO2/c1-9-6-13(12-4-5-12)20(23)11(3)17(9)14-7-10(2)19(22)18(21(14)24)15(25)8-16(26)27/h6-7,12,15H,4-5,8,25H2,1-3H3,(H,26,27)/t15-/m0/s1. The van der Waals surface area contributed by atoms with E-state index in [9.17, 15) is 13.6 Å². The third-order valence-electron chi connectivity index (χ3n) is 5.19. The smallest absolute Gasteiger partial charge is 0.305 e. The van der Waals surface area contributed by atoms with Crippen LogP contribution in [0.1, 0.15) is 59.0 Å². The van der Waals surface area contributed by atoms with E-state index < -0.39 is 35.6 Å². The number of rotatable bonds is 5. The molecule has 0 unspecified atom stereocenters. The molecule has 1 aliphatic carbocycles. The Hall–Kier alpha value is -2.34. The highest BCUT2D eigenvalue weighted by Gasteiger charge is 2.30. The van der Waals surface area contributed by atoms with E-state index in [0.29, 0.717) is 22.3 Å². The molecule has 0 amide bonds. The number of carboxylic acid groups (broad SMARTS) is 1. The Labute approximate surface area is 156 Å². The van der Waals surface area contributed by atoms with Gasteiger partial charge in [-0.15, -0.1) is 0 Å². The highest BCUT2D eigenvalue weighted by Crippen LogP contribution is 2.45. The molecule has 3 rings (SSSR count). The third kappa shape index (κ3) is 3.46. The zero-order valence-corrected chi connectivity index (χ0v) is 15.5. The quantitative estimate of drug-likeness (QED) is 0.767. The molecule has 1 aliphatic rings. The summed E-state index contributed by atoms with van der Waals surface area (Å²) in [5, 5.41) is 8.92. The maximum atomic E-state index is 15.2. The van der Waals surface area contributed by atoms with Crippen LogP contribution in [-0.4, -0.2) is 11.1 Å². The number of hydrogen-bond acceptors (Lipinski definition) is 2. The number of carboxylic acids is 1. The lowest BCUT2D eigenvalue weighted by Crippen LogP contribution is -2.19. The largest absolute Gasteiger partial charge is 0.481 e. The van der Waals surface area contributed by atoms with Crippen LogP contribution >= 0.6 is 0 Å². The molecule has 3 nitrogen and oxygen atoms in total. The summed E-state index contributed by atoms with van der Waals surface area (Å²) in [6, 6.07) is 1.72. The highest BCUT2D eigenvalue weighted by atomic mass is 19.1. The Morgan fingerprint density at radius 2 is 1.74 bits per heavy atom. The first kappa shape index (κ1) is 19.4. The third-order valence-corrected chi connectivity index (χ3v) is 5.19. The summed E-state index contributed by atoms with van der Waals surface area (Å²) in [6.07, 6.45) is 1.27. The van der Waals surface area contributed by atoms with Crippen LogP contribution in [0.2, 0.25) is 0 Å². The van der Waals surface area contributed by atoms with Gasteiger partial charge in [-0.3, -0.25) is 4.79 Å². The predicted molar refractivity (Wildman–Crippen MR) is 97.1 cm³/mol. The summed E-state index contributed by atoms with van der Waals surface area (Å²) < 4.78 is 44.6. The van der Waals surface area contributed by atoms with Crippen LogP contribution in [0.4, 0.5) is 13.2 Å². The Morgan fingerprint density at radius 3 is 2.30 bits per heavy atom. The summed E-state index contributed by atoms with van der Waals surface area (Å²) in [5.41, 5.74) is 7.45. The highest BCUT2D eigenvalue weighted by molar-refractivity contribution is 5.74. The van der Waals surface area contributed by atoms with E-state index in [1.165, 1.54) is 13.0 Å². The Balaban J connectivity index is 2.22. The lowest BCUT2D eigenvalue weighted by atomic mass is 9.88. The van der Waals surface area contributed by atoms with Crippen molar-refractivity contribution >= 4 is 5.97 Å². The van der Waals surface area contributed by atoms with Gasteiger partial charge in [-0.1, -0.05) is 6.07 Å². The molecular formula is C21H22F3NO2. The normalized spacial score (nSPS) is 15.1. The molecule has 0 spiro atoms. The van der Waals surface area contributed by atoms with Crippen molar-refractivity contribution in [3.8, 4) is 11.1 Å². The Bertz CT molecular complexity index is 936. The number of halogens is 3. The van der Waals surface area contributed by atoms with E-state index in [-0.39, 0.29) is 22.9 Å². The van der Waals surface area contributed by atoms with Crippen molar-refractivity contribution in [2.75, 3.05) is 0 Å². The lowest BCUT2D eigenvalue weighted by molar-refractivity contribution is -0.137. The fraction of sp³-hybridized carbons (Fsp3) is 0.381. The fourth-order valence-electron chi connectivity index (χ4n) is 3.69. The molecule has 2 aromatic rings. The molecule has 6 heteroatoms. The first-order valence-corrected chi connectivity index (χ1v) is 8.89. The zero-order chi connectivity index (χ0) is 20.0. The van der Waals surface area contributed by atoms with Crippen LogP contribution in [0.15, 0.2) is 12.1 Å². The predicted octanol–water partition coefficient (Wildman–Crippen LogP) is 5.05. The van der Waals surface area contributed by atoms with E-state index in [4.69, 9.17) is 10.8 Å². The van der Waals surface area contributed by atoms with Crippen LogP contribution < -0.4 is 5.73 Å². The van der Waals surface area contributed by atoms with Crippen LogP contribution in [0.3, 0.4) is 0 Å². The second-order valence-corrected chi connectivity index (χ2v) is 7.36. The maximum absolute atomic E-state index is 15.2. The van der Waals surface area contributed by atoms with Gasteiger partial charge in [-0.05, 0) is 73.4 Å². The van der Waals surface area contributed by atoms with Gasteiger partial charge in [0.1, 0.15) is 17.5 Å². The first-order valence-electron chi connectivity index (χ1n) is 8.89. The molecule has 2 aromatic carbocycles. The van der Waals surface area contributed by atoms with E-state index >= 15 is 4.39 Å². The monoisotopic (exact) mass is 377 g/mol. The van der Waals surface area contributed by atoms with Crippen molar-refractivity contribution in [2.45, 2.75) is 52.0 Å². The van der Waals surface area contributed by atoms with Crippen LogP contribution in [0.5, 0.6) is 0 Å². The van der Waals surface area contributed by atoms with E-state index in [0.717, 1.165) is 12.8 Å². The molecule has 144 valence electrons. The molecule has 0 aromatic heterocycles. The molecule has 1 atom stereocenters. The van der Waals surface area contributed by atoms with Crippen molar-refractivity contribution in [2.24, 2.45) is 5.73 Å². The zero-order valence-electron chi connectivity index (χ0n) is 15.5. The van der Waals surface area contributed by atoms with Gasteiger partial charge in [0.15, 0.2) is 0 Å². The van der Waals surface area contributed by atoms with Gasteiger partial charge in [0.05, 0.1) is 6.42 Å². The number of aliphatic carboxylic acids is 1. The lowest BCUT2D eigenvalue weighted by Gasteiger charge is -2.20. The molecule has 1 saturated carbocycles. The van der Waals surface area contributed by atoms with Gasteiger partial charge in [0.2, 0.25) is 0 Å². The van der Waals surface area contributed by atoms with Crippen molar-refractivity contribution in [1.82, 2.24) is 0 Å². The van der Waals surface area contributed by atoms with Gasteiger partial charge in [0, 0.05) is 17.2 Å². The summed E-state index contributed by atoms with van der Waals surface area (Å²) in [6.45, 7) is 4.80. The van der Waals surface area contributed by atoms with Crippen molar-refractivity contribution < 1.29 is 23.1 Å². The van der Waals surface area contributed by atoms with Gasteiger partial charge >= 0.3 is 5.97 Å². The van der Waals surface area contributed by atoms with Gasteiger partial charge in [0.25, 0.3) is 0 Å². The number of aryl methyl sites for hydroxylation is 2. The minimum Gasteiger partial charge on any atom is -0.481 e. The number of nitrogens with two attached hydrogens (primary N) is 1. The maximum Gasteiger partial charge on any atom is 0.305 e. The minimum absolute atomic E-state index is 0.0426. The molecule has 0 saturated heterocycles. The number of benzene rings is 2.